The molecule has 2 rings (SSSR count). The minimum absolute atomic E-state index is 0.00285. The molecule has 3 atom stereocenters. The van der Waals surface area contributed by atoms with E-state index in [0.717, 1.165) is 12.3 Å². The second kappa shape index (κ2) is 2.98. The Balaban J connectivity index is 2.31. The van der Waals surface area contributed by atoms with Crippen LogP contribution in [0.25, 0.3) is 0 Å². The van der Waals surface area contributed by atoms with Crippen molar-refractivity contribution >= 4 is 15.0 Å². The molecular formula is C11H20OSe. The number of aliphatic hydroxyl groups is 1. The molecule has 2 heteroatoms. The quantitative estimate of drug-likeness (QED) is 0.743. The summed E-state index contributed by atoms with van der Waals surface area (Å²) in [6.07, 6.45) is 3.72. The number of hydrogen-bond acceptors (Lipinski definition) is 1. The van der Waals surface area contributed by atoms with E-state index in [1.807, 2.05) is 0 Å². The minimum atomic E-state index is 0.00285. The Morgan fingerprint density at radius 3 is 2.54 bits per heavy atom. The Hall–Kier alpha value is 0.479. The fraction of sp³-hybridized carbons (Fsp3) is 1.00. The van der Waals surface area contributed by atoms with Crippen molar-refractivity contribution in [1.29, 1.82) is 0 Å². The van der Waals surface area contributed by atoms with Gasteiger partial charge in [-0.3, -0.25) is 0 Å². The normalized spacial score (nSPS) is 47.1. The first-order chi connectivity index (χ1) is 6.04. The third kappa shape index (κ3) is 1.09. The Bertz CT molecular complexity index is 214. The third-order valence-electron chi connectivity index (χ3n) is 4.79. The van der Waals surface area contributed by atoms with Crippen molar-refractivity contribution in [3.05, 3.63) is 0 Å². The fourth-order valence-corrected chi connectivity index (χ4v) is 6.20. The standard InChI is InChI=1S/C11H20OSe/c1-10(2)8-4-5-11(10,7-13-3)9(12)6-8/h8-9,12H,4-7H2,1-3H3. The summed E-state index contributed by atoms with van der Waals surface area (Å²) < 4.78 is 0. The molecule has 2 bridgehead atoms. The van der Waals surface area contributed by atoms with Crippen LogP contribution in [0.1, 0.15) is 33.1 Å². The van der Waals surface area contributed by atoms with Gasteiger partial charge in [0.1, 0.15) is 0 Å². The average Bonchev–Trinajstić information content (AvgIpc) is 2.38. The predicted octanol–water partition coefficient (Wildman–Crippen LogP) is 2.34. The molecule has 2 fully saturated rings. The van der Waals surface area contributed by atoms with Gasteiger partial charge in [0.2, 0.25) is 0 Å². The summed E-state index contributed by atoms with van der Waals surface area (Å²) in [7, 11) is 0. The summed E-state index contributed by atoms with van der Waals surface area (Å²) in [6.45, 7) is 4.76. The Kier molecular flexibility index (Phi) is 2.30. The van der Waals surface area contributed by atoms with Gasteiger partial charge in [-0.15, -0.1) is 0 Å². The molecule has 2 aliphatic rings. The van der Waals surface area contributed by atoms with Crippen LogP contribution in [-0.2, 0) is 0 Å². The van der Waals surface area contributed by atoms with Gasteiger partial charge in [0.15, 0.2) is 0 Å². The van der Waals surface area contributed by atoms with Crippen LogP contribution in [0.4, 0.5) is 0 Å². The predicted molar refractivity (Wildman–Crippen MR) is 56.0 cm³/mol. The van der Waals surface area contributed by atoms with Gasteiger partial charge in [0, 0.05) is 0 Å². The SMILES string of the molecule is C[Se]CC12CCC(CC1O)C2(C)C. The molecule has 3 unspecified atom stereocenters. The Labute approximate surface area is 87.5 Å². The maximum atomic E-state index is 10.1. The van der Waals surface area contributed by atoms with Gasteiger partial charge in [-0.25, -0.2) is 0 Å². The summed E-state index contributed by atoms with van der Waals surface area (Å²) in [6, 6.07) is 0. The van der Waals surface area contributed by atoms with Crippen molar-refractivity contribution < 1.29 is 5.11 Å². The first-order valence-electron chi connectivity index (χ1n) is 5.21. The Morgan fingerprint density at radius 1 is 1.46 bits per heavy atom. The number of hydrogen-bond donors (Lipinski definition) is 1. The van der Waals surface area contributed by atoms with Gasteiger partial charge in [-0.05, 0) is 0 Å². The fourth-order valence-electron chi connectivity index (χ4n) is 3.64. The molecule has 2 aliphatic carbocycles. The van der Waals surface area contributed by atoms with Gasteiger partial charge in [-0.1, -0.05) is 0 Å². The molecule has 0 saturated heterocycles. The van der Waals surface area contributed by atoms with E-state index >= 15 is 0 Å². The van der Waals surface area contributed by atoms with E-state index in [-0.39, 0.29) is 6.10 Å². The first-order valence-corrected chi connectivity index (χ1v) is 8.14. The van der Waals surface area contributed by atoms with Crippen LogP contribution in [0.5, 0.6) is 0 Å². The molecule has 0 heterocycles. The monoisotopic (exact) mass is 248 g/mol. The zero-order valence-electron chi connectivity index (χ0n) is 8.84. The summed E-state index contributed by atoms with van der Waals surface area (Å²) in [5.41, 5.74) is 0.705. The van der Waals surface area contributed by atoms with Crippen LogP contribution >= 0.6 is 0 Å². The second-order valence-corrected chi connectivity index (χ2v) is 7.11. The maximum absolute atomic E-state index is 10.1. The zero-order valence-corrected chi connectivity index (χ0v) is 10.6. The van der Waals surface area contributed by atoms with E-state index in [9.17, 15) is 5.11 Å². The molecule has 1 nitrogen and oxygen atoms in total. The van der Waals surface area contributed by atoms with E-state index in [4.69, 9.17) is 0 Å². The molecular weight excluding hydrogens is 227 g/mol. The molecule has 0 aliphatic heterocycles. The molecule has 0 aromatic rings. The molecule has 0 amide bonds. The van der Waals surface area contributed by atoms with E-state index < -0.39 is 0 Å². The van der Waals surface area contributed by atoms with Crippen LogP contribution in [0, 0.1) is 16.7 Å². The number of rotatable bonds is 2. The van der Waals surface area contributed by atoms with Crippen molar-refractivity contribution in [1.82, 2.24) is 0 Å². The first kappa shape index (κ1) is 10.0. The summed E-state index contributed by atoms with van der Waals surface area (Å²) in [5.74, 6) is 3.10. The van der Waals surface area contributed by atoms with Crippen molar-refractivity contribution in [3.8, 4) is 0 Å². The van der Waals surface area contributed by atoms with E-state index in [2.05, 4.69) is 19.7 Å². The zero-order chi connectivity index (χ0) is 9.69. The molecule has 0 radical (unpaired) electrons. The van der Waals surface area contributed by atoms with Crippen molar-refractivity contribution in [3.63, 3.8) is 0 Å². The van der Waals surface area contributed by atoms with E-state index in [1.165, 1.54) is 18.2 Å². The van der Waals surface area contributed by atoms with Crippen molar-refractivity contribution in [2.75, 3.05) is 0 Å². The third-order valence-corrected chi connectivity index (χ3v) is 6.48. The van der Waals surface area contributed by atoms with Crippen LogP contribution in [0.3, 0.4) is 0 Å². The van der Waals surface area contributed by atoms with E-state index in [0.29, 0.717) is 25.8 Å². The molecule has 13 heavy (non-hydrogen) atoms. The molecule has 0 aromatic carbocycles. The van der Waals surface area contributed by atoms with Crippen LogP contribution in [0.2, 0.25) is 11.1 Å². The van der Waals surface area contributed by atoms with Gasteiger partial charge in [-0.2, -0.15) is 0 Å². The van der Waals surface area contributed by atoms with Gasteiger partial charge in [0.05, 0.1) is 0 Å². The van der Waals surface area contributed by atoms with Gasteiger partial charge >= 0.3 is 87.2 Å². The van der Waals surface area contributed by atoms with Crippen LogP contribution in [0.15, 0.2) is 0 Å². The topological polar surface area (TPSA) is 20.2 Å². The van der Waals surface area contributed by atoms with Crippen molar-refractivity contribution in [2.45, 2.75) is 50.4 Å². The molecule has 2 saturated carbocycles. The summed E-state index contributed by atoms with van der Waals surface area (Å²) in [4.78, 5) is 0. The molecule has 76 valence electrons. The second-order valence-electron chi connectivity index (χ2n) is 5.30. The van der Waals surface area contributed by atoms with Gasteiger partial charge < -0.3 is 0 Å². The number of aliphatic hydroxyl groups excluding tert-OH is 1. The van der Waals surface area contributed by atoms with Gasteiger partial charge in [0.25, 0.3) is 0 Å². The molecule has 1 N–H and O–H groups in total. The molecule has 0 spiro atoms. The van der Waals surface area contributed by atoms with Crippen LogP contribution in [-0.4, -0.2) is 26.2 Å². The summed E-state index contributed by atoms with van der Waals surface area (Å²) >= 11 is 0.706. The van der Waals surface area contributed by atoms with E-state index in [1.54, 1.807) is 0 Å². The average molecular weight is 247 g/mol. The van der Waals surface area contributed by atoms with Crippen molar-refractivity contribution in [2.24, 2.45) is 16.7 Å². The summed E-state index contributed by atoms with van der Waals surface area (Å²) in [5, 5.41) is 11.4. The Morgan fingerprint density at radius 2 is 2.15 bits per heavy atom. The van der Waals surface area contributed by atoms with Crippen LogP contribution < -0.4 is 0 Å². The molecule has 0 aromatic heterocycles. The number of fused-ring (bicyclic) bond motifs is 2.